The number of aliphatic hydroxyl groups excluding tert-OH is 1. The summed E-state index contributed by atoms with van der Waals surface area (Å²) in [5.41, 5.74) is 0. The molecular weight excluding hydrogens is 182 g/mol. The van der Waals surface area contributed by atoms with Gasteiger partial charge in [0.15, 0.2) is 0 Å². The highest BCUT2D eigenvalue weighted by molar-refractivity contribution is 5.74. The first kappa shape index (κ1) is 11.3. The molecule has 2 N–H and O–H groups in total. The molecule has 0 atom stereocenters. The zero-order valence-corrected chi connectivity index (χ0v) is 8.86. The number of likely N-dealkylation sites (tertiary alicyclic amines) is 1. The molecule has 0 saturated carbocycles. The second kappa shape index (κ2) is 5.17. The predicted octanol–water partition coefficient (Wildman–Crippen LogP) is -0.818. The van der Waals surface area contributed by atoms with Gasteiger partial charge in [-0.1, -0.05) is 0 Å². The molecule has 2 amide bonds. The van der Waals surface area contributed by atoms with E-state index in [1.165, 1.54) is 0 Å². The van der Waals surface area contributed by atoms with Gasteiger partial charge >= 0.3 is 6.03 Å². The van der Waals surface area contributed by atoms with Gasteiger partial charge in [-0.3, -0.25) is 0 Å². The molecule has 1 saturated heterocycles. The van der Waals surface area contributed by atoms with E-state index >= 15 is 0 Å². The number of carbonyl (C=O) groups is 1. The molecular formula is C9H19N3O2. The van der Waals surface area contributed by atoms with Crippen molar-refractivity contribution in [2.75, 3.05) is 46.9 Å². The third-order valence-electron chi connectivity index (χ3n) is 2.33. The van der Waals surface area contributed by atoms with E-state index < -0.39 is 0 Å². The van der Waals surface area contributed by atoms with Crippen molar-refractivity contribution < 1.29 is 9.90 Å². The lowest BCUT2D eigenvalue weighted by Gasteiger charge is -2.40. The minimum atomic E-state index is 0.0865. The smallest absolute Gasteiger partial charge is 0.319 e. The monoisotopic (exact) mass is 201 g/mol. The molecule has 14 heavy (non-hydrogen) atoms. The summed E-state index contributed by atoms with van der Waals surface area (Å²) < 4.78 is 0. The van der Waals surface area contributed by atoms with E-state index in [1.54, 1.807) is 19.0 Å². The van der Waals surface area contributed by atoms with Gasteiger partial charge in [0.25, 0.3) is 0 Å². The molecule has 0 spiro atoms. The van der Waals surface area contributed by atoms with Gasteiger partial charge in [-0.15, -0.1) is 0 Å². The number of hydrogen-bond acceptors (Lipinski definition) is 3. The Morgan fingerprint density at radius 1 is 1.57 bits per heavy atom. The fourth-order valence-electron chi connectivity index (χ4n) is 1.52. The molecule has 1 rings (SSSR count). The number of carbonyl (C=O) groups excluding carboxylic acids is 1. The van der Waals surface area contributed by atoms with E-state index in [2.05, 4.69) is 5.32 Å². The first-order valence-corrected chi connectivity index (χ1v) is 4.93. The van der Waals surface area contributed by atoms with Crippen molar-refractivity contribution in [1.29, 1.82) is 0 Å². The van der Waals surface area contributed by atoms with E-state index in [-0.39, 0.29) is 12.6 Å². The van der Waals surface area contributed by atoms with Gasteiger partial charge in [-0.2, -0.15) is 0 Å². The molecule has 0 unspecified atom stereocenters. The van der Waals surface area contributed by atoms with Gasteiger partial charge in [0.2, 0.25) is 0 Å². The number of aliphatic hydroxyl groups is 1. The van der Waals surface area contributed by atoms with Crippen LogP contribution in [0, 0.1) is 5.92 Å². The average molecular weight is 201 g/mol. The van der Waals surface area contributed by atoms with Crippen molar-refractivity contribution in [1.82, 2.24) is 15.1 Å². The molecule has 5 heteroatoms. The van der Waals surface area contributed by atoms with E-state index in [9.17, 15) is 4.79 Å². The van der Waals surface area contributed by atoms with Crippen molar-refractivity contribution in [3.8, 4) is 0 Å². The lowest BCUT2D eigenvalue weighted by atomic mass is 10.0. The summed E-state index contributed by atoms with van der Waals surface area (Å²) in [5, 5.41) is 11.7. The SMILES string of the molecule is CN(C)C(=O)N1CC(CNCCO)C1. The van der Waals surface area contributed by atoms with Crippen LogP contribution in [-0.4, -0.2) is 67.8 Å². The van der Waals surface area contributed by atoms with Crippen LogP contribution in [0.4, 0.5) is 4.79 Å². The molecule has 0 bridgehead atoms. The van der Waals surface area contributed by atoms with E-state index in [1.807, 2.05) is 4.90 Å². The minimum absolute atomic E-state index is 0.0865. The van der Waals surface area contributed by atoms with Gasteiger partial charge in [0.05, 0.1) is 6.61 Å². The molecule has 1 aliphatic rings. The Balaban J connectivity index is 2.08. The minimum Gasteiger partial charge on any atom is -0.395 e. The second-order valence-electron chi connectivity index (χ2n) is 3.88. The number of urea groups is 1. The van der Waals surface area contributed by atoms with Crippen LogP contribution in [0.25, 0.3) is 0 Å². The first-order valence-electron chi connectivity index (χ1n) is 4.93. The van der Waals surface area contributed by atoms with Crippen molar-refractivity contribution in [3.05, 3.63) is 0 Å². The largest absolute Gasteiger partial charge is 0.395 e. The van der Waals surface area contributed by atoms with Crippen molar-refractivity contribution >= 4 is 6.03 Å². The van der Waals surface area contributed by atoms with Gasteiger partial charge in [-0.25, -0.2) is 4.79 Å². The number of hydrogen-bond donors (Lipinski definition) is 2. The zero-order valence-electron chi connectivity index (χ0n) is 8.86. The Bertz CT molecular complexity index is 190. The van der Waals surface area contributed by atoms with Crippen molar-refractivity contribution in [2.24, 2.45) is 5.92 Å². The van der Waals surface area contributed by atoms with E-state index in [0.717, 1.165) is 19.6 Å². The van der Waals surface area contributed by atoms with Crippen LogP contribution in [0.3, 0.4) is 0 Å². The summed E-state index contributed by atoms with van der Waals surface area (Å²) >= 11 is 0. The van der Waals surface area contributed by atoms with Crippen molar-refractivity contribution in [2.45, 2.75) is 0 Å². The molecule has 0 radical (unpaired) electrons. The zero-order chi connectivity index (χ0) is 10.6. The second-order valence-corrected chi connectivity index (χ2v) is 3.88. The fourth-order valence-corrected chi connectivity index (χ4v) is 1.52. The normalized spacial score (nSPS) is 16.6. The number of amides is 2. The summed E-state index contributed by atoms with van der Waals surface area (Å²) in [6.45, 7) is 3.36. The van der Waals surface area contributed by atoms with Crippen LogP contribution < -0.4 is 5.32 Å². The fraction of sp³-hybridized carbons (Fsp3) is 0.889. The topological polar surface area (TPSA) is 55.8 Å². The van der Waals surface area contributed by atoms with Crippen LogP contribution in [0.15, 0.2) is 0 Å². The highest BCUT2D eigenvalue weighted by Gasteiger charge is 2.30. The van der Waals surface area contributed by atoms with Gasteiger partial charge in [0, 0.05) is 46.2 Å². The van der Waals surface area contributed by atoms with Crippen LogP contribution >= 0.6 is 0 Å². The molecule has 5 nitrogen and oxygen atoms in total. The van der Waals surface area contributed by atoms with Crippen LogP contribution in [0.1, 0.15) is 0 Å². The quantitative estimate of drug-likeness (QED) is 0.584. The summed E-state index contributed by atoms with van der Waals surface area (Å²) in [5.74, 6) is 0.547. The molecule has 1 fully saturated rings. The third-order valence-corrected chi connectivity index (χ3v) is 2.33. The van der Waals surface area contributed by atoms with Gasteiger partial charge in [-0.05, 0) is 0 Å². The predicted molar refractivity (Wildman–Crippen MR) is 54.1 cm³/mol. The number of nitrogens with zero attached hydrogens (tertiary/aromatic N) is 2. The Kier molecular flexibility index (Phi) is 4.16. The average Bonchev–Trinajstić information content (AvgIpc) is 2.08. The van der Waals surface area contributed by atoms with Crippen LogP contribution in [0.5, 0.6) is 0 Å². The number of rotatable bonds is 4. The van der Waals surface area contributed by atoms with Crippen molar-refractivity contribution in [3.63, 3.8) is 0 Å². The Morgan fingerprint density at radius 2 is 2.21 bits per heavy atom. The standard InChI is InChI=1S/C9H19N3O2/c1-11(2)9(14)12-6-8(7-12)5-10-3-4-13/h8,10,13H,3-7H2,1-2H3. The molecule has 0 aromatic heterocycles. The Hall–Kier alpha value is -0.810. The van der Waals surface area contributed by atoms with Gasteiger partial charge < -0.3 is 20.2 Å². The maximum absolute atomic E-state index is 11.4. The molecule has 0 aromatic rings. The maximum Gasteiger partial charge on any atom is 0.319 e. The molecule has 1 heterocycles. The van der Waals surface area contributed by atoms with E-state index in [0.29, 0.717) is 12.5 Å². The lowest BCUT2D eigenvalue weighted by Crippen LogP contribution is -2.56. The summed E-state index contributed by atoms with van der Waals surface area (Å²) in [4.78, 5) is 14.8. The Morgan fingerprint density at radius 3 is 2.71 bits per heavy atom. The molecule has 1 aliphatic heterocycles. The van der Waals surface area contributed by atoms with Crippen LogP contribution in [-0.2, 0) is 0 Å². The summed E-state index contributed by atoms with van der Waals surface area (Å²) in [6, 6.07) is 0.0865. The Labute approximate surface area is 84.7 Å². The lowest BCUT2D eigenvalue weighted by molar-refractivity contribution is 0.100. The highest BCUT2D eigenvalue weighted by atomic mass is 16.3. The first-order chi connectivity index (χ1) is 6.65. The summed E-state index contributed by atoms with van der Waals surface area (Å²) in [6.07, 6.45) is 0. The highest BCUT2D eigenvalue weighted by Crippen LogP contribution is 2.15. The van der Waals surface area contributed by atoms with Crippen LogP contribution in [0.2, 0.25) is 0 Å². The third kappa shape index (κ3) is 2.85. The molecule has 82 valence electrons. The summed E-state index contributed by atoms with van der Waals surface area (Å²) in [7, 11) is 3.53. The maximum atomic E-state index is 11.4. The molecule has 0 aromatic carbocycles. The van der Waals surface area contributed by atoms with E-state index in [4.69, 9.17) is 5.11 Å². The molecule has 0 aliphatic carbocycles. The van der Waals surface area contributed by atoms with Gasteiger partial charge in [0.1, 0.15) is 0 Å². The number of nitrogens with one attached hydrogen (secondary N) is 1.